The summed E-state index contributed by atoms with van der Waals surface area (Å²) in [5.74, 6) is -0.355. The number of aromatic nitrogens is 1. The molecule has 0 atom stereocenters. The van der Waals surface area contributed by atoms with Gasteiger partial charge < -0.3 is 19.8 Å². The maximum Gasteiger partial charge on any atom is 0.407 e. The van der Waals surface area contributed by atoms with Crippen molar-refractivity contribution in [2.45, 2.75) is 46.3 Å². The van der Waals surface area contributed by atoms with Crippen LogP contribution in [0.5, 0.6) is 0 Å². The van der Waals surface area contributed by atoms with E-state index in [1.165, 1.54) is 0 Å². The van der Waals surface area contributed by atoms with Crippen molar-refractivity contribution in [3.63, 3.8) is 0 Å². The van der Waals surface area contributed by atoms with Gasteiger partial charge in [0.15, 0.2) is 0 Å². The molecular weight excluding hydrogens is 380 g/mol. The van der Waals surface area contributed by atoms with E-state index in [4.69, 9.17) is 9.47 Å². The fourth-order valence-corrected chi connectivity index (χ4v) is 3.21. The van der Waals surface area contributed by atoms with Crippen molar-refractivity contribution in [3.05, 3.63) is 70.9 Å². The summed E-state index contributed by atoms with van der Waals surface area (Å²) in [4.78, 5) is 27.8. The highest BCUT2D eigenvalue weighted by Gasteiger charge is 2.18. The zero-order chi connectivity index (χ0) is 21.7. The van der Waals surface area contributed by atoms with Crippen LogP contribution in [-0.4, -0.2) is 29.2 Å². The van der Waals surface area contributed by atoms with Crippen LogP contribution in [0.2, 0.25) is 0 Å². The number of hydrogen-bond donors (Lipinski definition) is 2. The number of carbonyl (C=O) groups excluding carboxylic acids is 2. The van der Waals surface area contributed by atoms with E-state index in [1.807, 2.05) is 76.2 Å². The molecular formula is C24H28N2O4. The van der Waals surface area contributed by atoms with Crippen LogP contribution in [0.25, 0.3) is 10.9 Å². The molecule has 30 heavy (non-hydrogen) atoms. The van der Waals surface area contributed by atoms with Crippen molar-refractivity contribution in [2.75, 3.05) is 6.54 Å². The average molecular weight is 408 g/mol. The van der Waals surface area contributed by atoms with Crippen LogP contribution < -0.4 is 5.32 Å². The number of carbonyl (C=O) groups is 2. The van der Waals surface area contributed by atoms with E-state index in [9.17, 15) is 9.59 Å². The van der Waals surface area contributed by atoms with Crippen molar-refractivity contribution in [2.24, 2.45) is 0 Å². The molecule has 0 radical (unpaired) electrons. The minimum atomic E-state index is -0.527. The number of nitrogens with one attached hydrogen (secondary N) is 2. The van der Waals surface area contributed by atoms with Gasteiger partial charge in [-0.25, -0.2) is 9.59 Å². The van der Waals surface area contributed by atoms with Crippen LogP contribution in [0.15, 0.2) is 48.5 Å². The first-order valence-electron chi connectivity index (χ1n) is 10.0. The monoisotopic (exact) mass is 408 g/mol. The summed E-state index contributed by atoms with van der Waals surface area (Å²) >= 11 is 0. The van der Waals surface area contributed by atoms with E-state index in [2.05, 4.69) is 10.3 Å². The zero-order valence-corrected chi connectivity index (χ0v) is 17.9. The SMILES string of the molecule is Cc1[nH]c2ccc(CCNC(=O)OC(C)(C)C)cc2c1C(=O)OCc1ccccc1. The normalized spacial score (nSPS) is 11.3. The van der Waals surface area contributed by atoms with Crippen molar-refractivity contribution < 1.29 is 19.1 Å². The molecule has 2 aromatic carbocycles. The lowest BCUT2D eigenvalue weighted by Gasteiger charge is -2.19. The predicted octanol–water partition coefficient (Wildman–Crippen LogP) is 4.90. The zero-order valence-electron chi connectivity index (χ0n) is 17.9. The Labute approximate surface area is 176 Å². The second-order valence-corrected chi connectivity index (χ2v) is 8.25. The van der Waals surface area contributed by atoms with Gasteiger partial charge in [-0.05, 0) is 57.4 Å². The van der Waals surface area contributed by atoms with E-state index in [0.29, 0.717) is 18.5 Å². The minimum Gasteiger partial charge on any atom is -0.457 e. The van der Waals surface area contributed by atoms with Gasteiger partial charge in [0.1, 0.15) is 12.2 Å². The van der Waals surface area contributed by atoms with Gasteiger partial charge in [-0.1, -0.05) is 36.4 Å². The van der Waals surface area contributed by atoms with Gasteiger partial charge in [0.2, 0.25) is 0 Å². The Kier molecular flexibility index (Phi) is 6.45. The van der Waals surface area contributed by atoms with Gasteiger partial charge in [0.25, 0.3) is 0 Å². The average Bonchev–Trinajstić information content (AvgIpc) is 3.00. The van der Waals surface area contributed by atoms with Gasteiger partial charge in [-0.3, -0.25) is 0 Å². The molecule has 1 amide bonds. The highest BCUT2D eigenvalue weighted by atomic mass is 16.6. The summed E-state index contributed by atoms with van der Waals surface area (Å²) < 4.78 is 10.8. The lowest BCUT2D eigenvalue weighted by atomic mass is 10.1. The first-order chi connectivity index (χ1) is 14.2. The summed E-state index contributed by atoms with van der Waals surface area (Å²) in [6.07, 6.45) is 0.184. The van der Waals surface area contributed by atoms with Gasteiger partial charge >= 0.3 is 12.1 Å². The Balaban J connectivity index is 1.68. The van der Waals surface area contributed by atoms with Crippen LogP contribution in [0.3, 0.4) is 0 Å². The Morgan fingerprint density at radius 3 is 2.47 bits per heavy atom. The van der Waals surface area contributed by atoms with Gasteiger partial charge in [0, 0.05) is 23.1 Å². The molecule has 0 spiro atoms. The highest BCUT2D eigenvalue weighted by Crippen LogP contribution is 2.25. The molecule has 6 nitrogen and oxygen atoms in total. The molecule has 6 heteroatoms. The molecule has 0 fully saturated rings. The number of alkyl carbamates (subject to hydrolysis) is 1. The number of esters is 1. The Hall–Kier alpha value is -3.28. The van der Waals surface area contributed by atoms with Crippen LogP contribution in [0.4, 0.5) is 4.79 Å². The predicted molar refractivity (Wildman–Crippen MR) is 117 cm³/mol. The molecule has 3 rings (SSSR count). The van der Waals surface area contributed by atoms with Crippen molar-refractivity contribution >= 4 is 23.0 Å². The molecule has 2 N–H and O–H groups in total. The fourth-order valence-electron chi connectivity index (χ4n) is 3.21. The largest absolute Gasteiger partial charge is 0.457 e. The lowest BCUT2D eigenvalue weighted by Crippen LogP contribution is -2.33. The first kappa shape index (κ1) is 21.4. The number of ether oxygens (including phenoxy) is 2. The first-order valence-corrected chi connectivity index (χ1v) is 10.0. The van der Waals surface area contributed by atoms with Gasteiger partial charge in [-0.15, -0.1) is 0 Å². The molecule has 0 saturated carbocycles. The quantitative estimate of drug-likeness (QED) is 0.569. The van der Waals surface area contributed by atoms with Crippen LogP contribution in [0, 0.1) is 6.92 Å². The number of aromatic amines is 1. The van der Waals surface area contributed by atoms with Crippen molar-refractivity contribution in [1.29, 1.82) is 0 Å². The topological polar surface area (TPSA) is 80.4 Å². The van der Waals surface area contributed by atoms with E-state index >= 15 is 0 Å². The Morgan fingerprint density at radius 2 is 1.77 bits per heavy atom. The summed E-state index contributed by atoms with van der Waals surface area (Å²) in [5.41, 5.74) is 3.62. The molecule has 0 aliphatic carbocycles. The summed E-state index contributed by atoms with van der Waals surface area (Å²) in [6, 6.07) is 15.5. The third-order valence-corrected chi connectivity index (χ3v) is 4.55. The highest BCUT2D eigenvalue weighted by molar-refractivity contribution is 6.05. The Morgan fingerprint density at radius 1 is 1.03 bits per heavy atom. The summed E-state index contributed by atoms with van der Waals surface area (Å²) in [5, 5.41) is 3.58. The molecule has 1 aromatic heterocycles. The summed E-state index contributed by atoms with van der Waals surface area (Å²) in [6.45, 7) is 8.01. The second kappa shape index (κ2) is 9.03. The number of amides is 1. The molecule has 158 valence electrons. The van der Waals surface area contributed by atoms with E-state index < -0.39 is 11.7 Å². The fraction of sp³-hybridized carbons (Fsp3) is 0.333. The van der Waals surface area contributed by atoms with Crippen molar-refractivity contribution in [1.82, 2.24) is 10.3 Å². The third-order valence-electron chi connectivity index (χ3n) is 4.55. The molecule has 3 aromatic rings. The number of H-pyrrole nitrogens is 1. The van der Waals surface area contributed by atoms with E-state index in [-0.39, 0.29) is 12.6 Å². The van der Waals surface area contributed by atoms with Crippen LogP contribution in [0.1, 0.15) is 48.0 Å². The molecule has 0 aliphatic heterocycles. The van der Waals surface area contributed by atoms with Crippen molar-refractivity contribution in [3.8, 4) is 0 Å². The molecule has 0 aliphatic rings. The summed E-state index contributed by atoms with van der Waals surface area (Å²) in [7, 11) is 0. The van der Waals surface area contributed by atoms with Gasteiger partial charge in [0.05, 0.1) is 5.56 Å². The Bertz CT molecular complexity index is 1030. The maximum atomic E-state index is 12.7. The number of rotatable bonds is 6. The second-order valence-electron chi connectivity index (χ2n) is 8.25. The molecule has 0 bridgehead atoms. The van der Waals surface area contributed by atoms with Crippen LogP contribution >= 0.6 is 0 Å². The molecule has 1 heterocycles. The third kappa shape index (κ3) is 5.63. The lowest BCUT2D eigenvalue weighted by molar-refractivity contribution is 0.0472. The number of hydrogen-bond acceptors (Lipinski definition) is 4. The van der Waals surface area contributed by atoms with Crippen LogP contribution in [-0.2, 0) is 22.5 Å². The van der Waals surface area contributed by atoms with E-state index in [1.54, 1.807) is 0 Å². The minimum absolute atomic E-state index is 0.227. The maximum absolute atomic E-state index is 12.7. The van der Waals surface area contributed by atoms with Gasteiger partial charge in [-0.2, -0.15) is 0 Å². The molecule has 0 saturated heterocycles. The number of benzene rings is 2. The van der Waals surface area contributed by atoms with E-state index in [0.717, 1.165) is 27.7 Å². The standard InChI is InChI=1S/C24H28N2O4/c1-16-21(22(27)29-15-18-8-6-5-7-9-18)19-14-17(10-11-20(19)26-16)12-13-25-23(28)30-24(2,3)4/h5-11,14,26H,12-13,15H2,1-4H3,(H,25,28). The number of fused-ring (bicyclic) bond motifs is 1. The smallest absolute Gasteiger partial charge is 0.407 e. The number of aryl methyl sites for hydroxylation is 1. The molecule has 0 unspecified atom stereocenters.